The van der Waals surface area contributed by atoms with Gasteiger partial charge in [0.2, 0.25) is 5.10 Å². The Balaban J connectivity index is 2.04. The normalized spacial score (nSPS) is 12.5. The highest BCUT2D eigenvalue weighted by atomic mass is 16.5. The molecule has 8 nitrogen and oxygen atoms in total. The van der Waals surface area contributed by atoms with Gasteiger partial charge in [0, 0.05) is 17.0 Å². The molecule has 0 spiro atoms. The van der Waals surface area contributed by atoms with Crippen molar-refractivity contribution in [2.24, 2.45) is 5.73 Å². The lowest BCUT2D eigenvalue weighted by Crippen LogP contribution is -2.44. The van der Waals surface area contributed by atoms with E-state index in [1.165, 1.54) is 0 Å². The van der Waals surface area contributed by atoms with Gasteiger partial charge in [0.05, 0.1) is 6.54 Å². The molecule has 0 bridgehead atoms. The molecule has 0 aliphatic heterocycles. The Hall–Kier alpha value is -2.19. The SMILES string of the molecule is CNC(CCCN)CCNc1n[n+]([O-])c2ccccc2[n+]1[O-]. The minimum absolute atomic E-state index is 0.0161. The second kappa shape index (κ2) is 7.71. The molecule has 120 valence electrons. The van der Waals surface area contributed by atoms with Gasteiger partial charge in [-0.05, 0) is 38.9 Å². The number of nitrogens with one attached hydrogen (secondary N) is 2. The summed E-state index contributed by atoms with van der Waals surface area (Å²) in [5, 5.41) is 33.9. The van der Waals surface area contributed by atoms with E-state index in [2.05, 4.69) is 15.7 Å². The van der Waals surface area contributed by atoms with Crippen molar-refractivity contribution in [2.75, 3.05) is 25.5 Å². The second-order valence-corrected chi connectivity index (χ2v) is 5.11. The van der Waals surface area contributed by atoms with Gasteiger partial charge in [-0.25, -0.2) is 4.73 Å². The minimum atomic E-state index is 0.0161. The Morgan fingerprint density at radius 2 is 1.95 bits per heavy atom. The van der Waals surface area contributed by atoms with E-state index in [4.69, 9.17) is 5.73 Å². The van der Waals surface area contributed by atoms with Gasteiger partial charge in [0.25, 0.3) is 5.52 Å². The van der Waals surface area contributed by atoms with Gasteiger partial charge < -0.3 is 21.5 Å². The van der Waals surface area contributed by atoms with Crippen LogP contribution in [0.5, 0.6) is 0 Å². The average molecular weight is 306 g/mol. The molecule has 0 amide bonds. The van der Waals surface area contributed by atoms with Crippen molar-refractivity contribution in [2.45, 2.75) is 25.3 Å². The number of benzene rings is 1. The predicted molar refractivity (Wildman–Crippen MR) is 83.9 cm³/mol. The van der Waals surface area contributed by atoms with E-state index in [1.54, 1.807) is 24.3 Å². The number of rotatable bonds is 8. The summed E-state index contributed by atoms with van der Waals surface area (Å²) in [7, 11) is 1.90. The van der Waals surface area contributed by atoms with Crippen LogP contribution in [0.4, 0.5) is 5.95 Å². The molecule has 1 heterocycles. The highest BCUT2D eigenvalue weighted by Crippen LogP contribution is 2.06. The van der Waals surface area contributed by atoms with Crippen molar-refractivity contribution < 1.29 is 9.58 Å². The van der Waals surface area contributed by atoms with Crippen LogP contribution in [0.25, 0.3) is 11.0 Å². The van der Waals surface area contributed by atoms with Crippen molar-refractivity contribution >= 4 is 17.0 Å². The van der Waals surface area contributed by atoms with E-state index in [9.17, 15) is 10.4 Å². The number of hydrogen-bond donors (Lipinski definition) is 3. The second-order valence-electron chi connectivity index (χ2n) is 5.11. The molecule has 0 fully saturated rings. The molecule has 1 aromatic heterocycles. The fourth-order valence-electron chi connectivity index (χ4n) is 2.35. The highest BCUT2D eigenvalue weighted by Gasteiger charge is 2.19. The van der Waals surface area contributed by atoms with Crippen LogP contribution in [0.15, 0.2) is 24.3 Å². The average Bonchev–Trinajstić information content (AvgIpc) is 2.55. The first-order valence-electron chi connectivity index (χ1n) is 7.40. The van der Waals surface area contributed by atoms with Gasteiger partial charge in [0.15, 0.2) is 5.52 Å². The molecule has 0 saturated carbocycles. The third-order valence-electron chi connectivity index (χ3n) is 3.63. The summed E-state index contributed by atoms with van der Waals surface area (Å²) in [4.78, 5) is 0.468. The van der Waals surface area contributed by atoms with E-state index in [-0.39, 0.29) is 11.5 Å². The van der Waals surface area contributed by atoms with Gasteiger partial charge in [-0.3, -0.25) is 5.32 Å². The molecule has 0 radical (unpaired) electrons. The smallest absolute Gasteiger partial charge is 0.460 e. The summed E-state index contributed by atoms with van der Waals surface area (Å²) in [6, 6.07) is 6.89. The Morgan fingerprint density at radius 1 is 1.23 bits per heavy atom. The summed E-state index contributed by atoms with van der Waals surface area (Å²) >= 11 is 0. The summed E-state index contributed by atoms with van der Waals surface area (Å²) in [6.07, 6.45) is 2.73. The Morgan fingerprint density at radius 3 is 2.64 bits per heavy atom. The number of anilines is 1. The van der Waals surface area contributed by atoms with Gasteiger partial charge in [-0.2, -0.15) is 0 Å². The number of nitrogens with zero attached hydrogens (tertiary/aromatic N) is 3. The molecular weight excluding hydrogens is 284 g/mol. The van der Waals surface area contributed by atoms with E-state index >= 15 is 0 Å². The number of aromatic nitrogens is 3. The third-order valence-corrected chi connectivity index (χ3v) is 3.63. The molecule has 22 heavy (non-hydrogen) atoms. The monoisotopic (exact) mass is 306 g/mol. The van der Waals surface area contributed by atoms with Crippen LogP contribution < -0.4 is 25.9 Å². The van der Waals surface area contributed by atoms with E-state index < -0.39 is 0 Å². The summed E-state index contributed by atoms with van der Waals surface area (Å²) in [5.74, 6) is 0.0161. The summed E-state index contributed by atoms with van der Waals surface area (Å²) in [5.41, 5.74) is 6.05. The van der Waals surface area contributed by atoms with Gasteiger partial charge in [-0.1, -0.05) is 12.1 Å². The first kappa shape index (κ1) is 16.2. The summed E-state index contributed by atoms with van der Waals surface area (Å²) in [6.45, 7) is 1.21. The molecule has 0 aliphatic rings. The fraction of sp³-hybridized carbons (Fsp3) is 0.500. The Kier molecular flexibility index (Phi) is 5.68. The van der Waals surface area contributed by atoms with Crippen molar-refractivity contribution in [3.63, 3.8) is 0 Å². The zero-order valence-electron chi connectivity index (χ0n) is 12.7. The van der Waals surface area contributed by atoms with Crippen LogP contribution in [0.2, 0.25) is 0 Å². The molecule has 1 unspecified atom stereocenters. The van der Waals surface area contributed by atoms with E-state index in [0.717, 1.165) is 19.3 Å². The number of nitrogens with two attached hydrogens (primary N) is 1. The maximum Gasteiger partial charge on any atom is 0.460 e. The Bertz CT molecular complexity index is 622. The minimum Gasteiger partial charge on any atom is -0.739 e. The molecule has 0 saturated heterocycles. The Labute approximate surface area is 129 Å². The molecule has 1 aromatic carbocycles. The first-order chi connectivity index (χ1) is 10.7. The lowest BCUT2D eigenvalue weighted by molar-refractivity contribution is -0.672. The van der Waals surface area contributed by atoms with Crippen LogP contribution in [-0.4, -0.2) is 31.3 Å². The number of fused-ring (bicyclic) bond motifs is 1. The molecule has 1 atom stereocenters. The van der Waals surface area contributed by atoms with Crippen molar-refractivity contribution in [3.05, 3.63) is 34.7 Å². The van der Waals surface area contributed by atoms with Crippen LogP contribution in [0, 0.1) is 10.4 Å². The standard InChI is InChI=1S/C14H22N6O2/c1-16-11(5-4-9-15)8-10-17-14-18-20(22)13-7-3-2-6-12(13)19(14)21/h2-3,6-7,11,16H,4-5,8-10,15H2,1H3,(H,17,18). The molecule has 2 rings (SSSR count). The third kappa shape index (κ3) is 3.71. The van der Waals surface area contributed by atoms with Crippen molar-refractivity contribution in [3.8, 4) is 0 Å². The van der Waals surface area contributed by atoms with Crippen molar-refractivity contribution in [1.29, 1.82) is 0 Å². The van der Waals surface area contributed by atoms with Crippen LogP contribution in [-0.2, 0) is 0 Å². The molecular formula is C14H22N6O2. The molecule has 8 heteroatoms. The van der Waals surface area contributed by atoms with Gasteiger partial charge in [-0.15, -0.1) is 0 Å². The predicted octanol–water partition coefficient (Wildman–Crippen LogP) is -0.369. The van der Waals surface area contributed by atoms with Gasteiger partial charge in [0.1, 0.15) is 0 Å². The van der Waals surface area contributed by atoms with Crippen LogP contribution in [0.3, 0.4) is 0 Å². The molecule has 0 aliphatic carbocycles. The van der Waals surface area contributed by atoms with E-state index in [0.29, 0.717) is 34.2 Å². The van der Waals surface area contributed by atoms with Crippen LogP contribution in [0.1, 0.15) is 19.3 Å². The number of hydrogen-bond acceptors (Lipinski definition) is 6. The van der Waals surface area contributed by atoms with Gasteiger partial charge >= 0.3 is 5.95 Å². The van der Waals surface area contributed by atoms with Crippen LogP contribution >= 0.6 is 0 Å². The maximum absolute atomic E-state index is 12.2. The first-order valence-corrected chi connectivity index (χ1v) is 7.40. The topological polar surface area (TPSA) is 117 Å². The molecule has 4 N–H and O–H groups in total. The maximum atomic E-state index is 12.2. The largest absolute Gasteiger partial charge is 0.739 e. The molecule has 2 aromatic rings. The number of para-hydroxylation sites is 2. The summed E-state index contributed by atoms with van der Waals surface area (Å²) < 4.78 is 0.651. The fourth-order valence-corrected chi connectivity index (χ4v) is 2.35. The quantitative estimate of drug-likeness (QED) is 0.452. The van der Waals surface area contributed by atoms with E-state index in [1.807, 2.05) is 7.05 Å². The lowest BCUT2D eigenvalue weighted by Gasteiger charge is -2.15. The zero-order chi connectivity index (χ0) is 15.9. The highest BCUT2D eigenvalue weighted by molar-refractivity contribution is 5.67. The lowest BCUT2D eigenvalue weighted by atomic mass is 10.1. The van der Waals surface area contributed by atoms with Crippen molar-refractivity contribution in [1.82, 2.24) is 10.4 Å². The zero-order valence-corrected chi connectivity index (χ0v) is 12.7.